The lowest BCUT2D eigenvalue weighted by molar-refractivity contribution is 0.0554. The molecule has 150 valence electrons. The van der Waals surface area contributed by atoms with Gasteiger partial charge in [0.05, 0.1) is 13.2 Å². The Bertz CT molecular complexity index is 880. The molecule has 0 saturated carbocycles. The molecular formula is C21H23Cl2FN2O2. The van der Waals surface area contributed by atoms with Crippen LogP contribution in [0.15, 0.2) is 30.3 Å². The third-order valence-electron chi connectivity index (χ3n) is 5.62. The Kier molecular flexibility index (Phi) is 5.70. The number of rotatable bonds is 4. The number of benzene rings is 2. The number of fused-ring (bicyclic) bond motifs is 1. The van der Waals surface area contributed by atoms with Crippen molar-refractivity contribution < 1.29 is 13.9 Å². The van der Waals surface area contributed by atoms with Crippen molar-refractivity contribution in [1.82, 2.24) is 4.90 Å². The lowest BCUT2D eigenvalue weighted by Gasteiger charge is -2.38. The molecule has 2 N–H and O–H groups in total. The van der Waals surface area contributed by atoms with E-state index < -0.39 is 11.9 Å². The number of halogens is 3. The molecule has 0 aromatic heterocycles. The molecule has 0 radical (unpaired) electrons. The quantitative estimate of drug-likeness (QED) is 0.778. The zero-order chi connectivity index (χ0) is 19.8. The third-order valence-corrected chi connectivity index (χ3v) is 6.17. The highest BCUT2D eigenvalue weighted by Gasteiger charge is 2.41. The Balaban J connectivity index is 1.74. The van der Waals surface area contributed by atoms with Crippen LogP contribution in [0, 0.1) is 5.82 Å². The Morgan fingerprint density at radius 2 is 2.07 bits per heavy atom. The third kappa shape index (κ3) is 3.69. The number of hydrogen-bond donors (Lipinski definition) is 1. The summed E-state index contributed by atoms with van der Waals surface area (Å²) in [5, 5.41) is 1.15. The molecule has 1 aliphatic carbocycles. The van der Waals surface area contributed by atoms with Crippen LogP contribution in [0.5, 0.6) is 11.5 Å². The standard InChI is InChI=1S/C21H23Cl2FN2O2/c1-27-19-6-2-5-17(24)21(19)28-20-15-8-12(22)9-16(23)14(15)10-18(20)26-7-3-4-13(25)11-26/h2,5-6,8-9,13,18,20H,3-4,7,10-11,25H2,1H3/t13-,18-,20+/m1/s1. The number of nitrogens with zero attached hydrogens (tertiary/aromatic N) is 1. The van der Waals surface area contributed by atoms with Crippen LogP contribution in [0.2, 0.25) is 10.0 Å². The van der Waals surface area contributed by atoms with Gasteiger partial charge in [-0.2, -0.15) is 0 Å². The van der Waals surface area contributed by atoms with Gasteiger partial charge in [0.1, 0.15) is 6.10 Å². The summed E-state index contributed by atoms with van der Waals surface area (Å²) in [5.74, 6) is -0.00375. The van der Waals surface area contributed by atoms with Crippen LogP contribution in [-0.4, -0.2) is 37.2 Å². The molecule has 2 aromatic carbocycles. The second-order valence-electron chi connectivity index (χ2n) is 7.43. The van der Waals surface area contributed by atoms with Gasteiger partial charge in [0.25, 0.3) is 0 Å². The van der Waals surface area contributed by atoms with E-state index in [4.69, 9.17) is 38.4 Å². The maximum absolute atomic E-state index is 14.6. The van der Waals surface area contributed by atoms with Crippen LogP contribution in [0.1, 0.15) is 30.1 Å². The van der Waals surface area contributed by atoms with Crippen molar-refractivity contribution in [2.45, 2.75) is 37.5 Å². The van der Waals surface area contributed by atoms with Gasteiger partial charge in [0.2, 0.25) is 0 Å². The summed E-state index contributed by atoms with van der Waals surface area (Å²) in [5.41, 5.74) is 8.10. The second-order valence-corrected chi connectivity index (χ2v) is 8.28. The van der Waals surface area contributed by atoms with Crippen LogP contribution >= 0.6 is 23.2 Å². The molecule has 1 saturated heterocycles. The van der Waals surface area contributed by atoms with Crippen molar-refractivity contribution in [2.24, 2.45) is 5.73 Å². The molecule has 0 amide bonds. The minimum absolute atomic E-state index is 0.00151. The van der Waals surface area contributed by atoms with Gasteiger partial charge >= 0.3 is 0 Å². The van der Waals surface area contributed by atoms with Gasteiger partial charge < -0.3 is 15.2 Å². The van der Waals surface area contributed by atoms with Gasteiger partial charge in [-0.25, -0.2) is 4.39 Å². The molecule has 0 unspecified atom stereocenters. The molecule has 1 aliphatic heterocycles. The van der Waals surface area contributed by atoms with Crippen molar-refractivity contribution in [2.75, 3.05) is 20.2 Å². The lowest BCUT2D eigenvalue weighted by atomic mass is 10.0. The van der Waals surface area contributed by atoms with Crippen molar-refractivity contribution in [3.63, 3.8) is 0 Å². The fraction of sp³-hybridized carbons (Fsp3) is 0.429. The van der Waals surface area contributed by atoms with E-state index in [1.165, 1.54) is 13.2 Å². The van der Waals surface area contributed by atoms with Crippen molar-refractivity contribution in [1.29, 1.82) is 0 Å². The van der Waals surface area contributed by atoms with E-state index in [9.17, 15) is 4.39 Å². The number of nitrogens with two attached hydrogens (primary N) is 1. The maximum Gasteiger partial charge on any atom is 0.197 e. The van der Waals surface area contributed by atoms with Crippen molar-refractivity contribution in [3.05, 3.63) is 57.3 Å². The summed E-state index contributed by atoms with van der Waals surface area (Å²) >= 11 is 12.8. The summed E-state index contributed by atoms with van der Waals surface area (Å²) in [4.78, 5) is 2.33. The predicted octanol–water partition coefficient (Wildman–Crippen LogP) is 4.61. The first-order valence-corrected chi connectivity index (χ1v) is 10.2. The highest BCUT2D eigenvalue weighted by atomic mass is 35.5. The minimum atomic E-state index is -0.463. The Morgan fingerprint density at radius 3 is 2.82 bits per heavy atom. The SMILES string of the molecule is COc1cccc(F)c1O[C@H]1c2cc(Cl)cc(Cl)c2C[C@H]1N1CCC[C@@H](N)C1. The molecule has 0 bridgehead atoms. The minimum Gasteiger partial charge on any atom is -0.493 e. The average Bonchev–Trinajstić information content (AvgIpc) is 3.02. The zero-order valence-corrected chi connectivity index (χ0v) is 17.1. The summed E-state index contributed by atoms with van der Waals surface area (Å²) in [6.45, 7) is 1.70. The van der Waals surface area contributed by atoms with Crippen molar-refractivity contribution >= 4 is 23.2 Å². The molecule has 7 heteroatoms. The number of hydrogen-bond acceptors (Lipinski definition) is 4. The predicted molar refractivity (Wildman–Crippen MR) is 109 cm³/mol. The fourth-order valence-electron chi connectivity index (χ4n) is 4.31. The molecule has 0 spiro atoms. The van der Waals surface area contributed by atoms with E-state index in [1.54, 1.807) is 18.2 Å². The summed E-state index contributed by atoms with van der Waals surface area (Å²) in [6, 6.07) is 8.38. The maximum atomic E-state index is 14.6. The monoisotopic (exact) mass is 424 g/mol. The fourth-order valence-corrected chi connectivity index (χ4v) is 4.90. The Hall–Kier alpha value is -1.53. The number of ether oxygens (including phenoxy) is 2. The smallest absolute Gasteiger partial charge is 0.197 e. The average molecular weight is 425 g/mol. The van der Waals surface area contributed by atoms with Gasteiger partial charge in [0.15, 0.2) is 17.3 Å². The molecule has 2 aromatic rings. The highest BCUT2D eigenvalue weighted by molar-refractivity contribution is 6.35. The molecular weight excluding hydrogens is 402 g/mol. The van der Waals surface area contributed by atoms with E-state index >= 15 is 0 Å². The van der Waals surface area contributed by atoms with Crippen LogP contribution in [0.25, 0.3) is 0 Å². The number of piperidine rings is 1. The highest BCUT2D eigenvalue weighted by Crippen LogP contribution is 2.45. The molecule has 28 heavy (non-hydrogen) atoms. The van der Waals surface area contributed by atoms with Gasteiger partial charge in [-0.1, -0.05) is 29.3 Å². The van der Waals surface area contributed by atoms with Gasteiger partial charge in [-0.15, -0.1) is 0 Å². The molecule has 2 aliphatic rings. The van der Waals surface area contributed by atoms with Gasteiger partial charge in [0, 0.05) is 28.2 Å². The van der Waals surface area contributed by atoms with Crippen LogP contribution in [-0.2, 0) is 6.42 Å². The van der Waals surface area contributed by atoms with E-state index in [0.717, 1.165) is 37.1 Å². The molecule has 3 atom stereocenters. The summed E-state index contributed by atoms with van der Waals surface area (Å²) < 4.78 is 26.2. The Morgan fingerprint density at radius 1 is 1.25 bits per heavy atom. The molecule has 1 heterocycles. The topological polar surface area (TPSA) is 47.7 Å². The number of para-hydroxylation sites is 1. The Labute approximate surface area is 174 Å². The van der Waals surface area contributed by atoms with E-state index in [-0.39, 0.29) is 17.8 Å². The first-order chi connectivity index (χ1) is 13.5. The van der Waals surface area contributed by atoms with Gasteiger partial charge in [-0.05, 0) is 55.6 Å². The normalized spacial score (nSPS) is 24.8. The zero-order valence-electron chi connectivity index (χ0n) is 15.6. The van der Waals surface area contributed by atoms with Crippen molar-refractivity contribution in [3.8, 4) is 11.5 Å². The van der Waals surface area contributed by atoms with Crippen LogP contribution in [0.3, 0.4) is 0 Å². The summed E-state index contributed by atoms with van der Waals surface area (Å²) in [6.07, 6.45) is 2.33. The van der Waals surface area contributed by atoms with E-state index in [1.807, 2.05) is 6.07 Å². The largest absolute Gasteiger partial charge is 0.493 e. The van der Waals surface area contributed by atoms with Crippen LogP contribution in [0.4, 0.5) is 4.39 Å². The first kappa shape index (κ1) is 19.8. The lowest BCUT2D eigenvalue weighted by Crippen LogP contribution is -2.49. The summed E-state index contributed by atoms with van der Waals surface area (Å²) in [7, 11) is 1.50. The molecule has 1 fully saturated rings. The van der Waals surface area contributed by atoms with Gasteiger partial charge in [-0.3, -0.25) is 4.90 Å². The molecule has 4 nitrogen and oxygen atoms in total. The second kappa shape index (κ2) is 8.07. The van der Waals surface area contributed by atoms with E-state index in [0.29, 0.717) is 22.2 Å². The van der Waals surface area contributed by atoms with E-state index in [2.05, 4.69) is 4.90 Å². The molecule has 4 rings (SSSR count). The number of methoxy groups -OCH3 is 1. The van der Waals surface area contributed by atoms with Crippen LogP contribution < -0.4 is 15.2 Å². The number of likely N-dealkylation sites (tertiary alicyclic amines) is 1. The first-order valence-electron chi connectivity index (χ1n) is 9.44.